The molecule has 1 saturated heterocycles. The summed E-state index contributed by atoms with van der Waals surface area (Å²) in [5.74, 6) is 0.624. The number of ether oxygens (including phenoxy) is 1. The Bertz CT molecular complexity index is 1450. The van der Waals surface area contributed by atoms with E-state index in [0.29, 0.717) is 17.4 Å². The first-order valence-electron chi connectivity index (χ1n) is 12.4. The van der Waals surface area contributed by atoms with E-state index in [2.05, 4.69) is 38.5 Å². The fraction of sp³-hybridized carbons (Fsp3) is 0.385. The van der Waals surface area contributed by atoms with Crippen LogP contribution in [-0.4, -0.2) is 48.5 Å². The average molecular weight is 539 g/mol. The van der Waals surface area contributed by atoms with Crippen molar-refractivity contribution in [3.63, 3.8) is 0 Å². The maximum absolute atomic E-state index is 13.1. The molecule has 3 aromatic heterocycles. The molecule has 0 aliphatic carbocycles. The van der Waals surface area contributed by atoms with Crippen LogP contribution in [0.15, 0.2) is 51.7 Å². The molecule has 0 radical (unpaired) electrons. The lowest BCUT2D eigenvalue weighted by molar-refractivity contribution is -0.113. The van der Waals surface area contributed by atoms with Gasteiger partial charge in [0.25, 0.3) is 5.56 Å². The standard InChI is InChI=1S/C26H30N6O3S2/c1-4-21-13-18(15-36-21)24-28-29-26(31(24)14-20-11-8-12-35-20)37-16-22(33)27-23-17(2)30(3)32(25(23)34)19-9-6-5-7-10-19/h5-7,9-10,13,15,20H,4,8,11-12,14,16H2,1-3H3,(H,27,33). The molecular weight excluding hydrogens is 508 g/mol. The fourth-order valence-corrected chi connectivity index (χ4v) is 6.03. The first kappa shape index (κ1) is 25.5. The van der Waals surface area contributed by atoms with E-state index < -0.39 is 0 Å². The van der Waals surface area contributed by atoms with Crippen molar-refractivity contribution < 1.29 is 9.53 Å². The zero-order chi connectivity index (χ0) is 25.9. The van der Waals surface area contributed by atoms with Gasteiger partial charge in [-0.15, -0.1) is 21.5 Å². The average Bonchev–Trinajstić information content (AvgIpc) is 3.70. The van der Waals surface area contributed by atoms with Gasteiger partial charge in [0.15, 0.2) is 11.0 Å². The molecule has 11 heteroatoms. The number of hydrogen-bond acceptors (Lipinski definition) is 7. The molecular formula is C26H30N6O3S2. The van der Waals surface area contributed by atoms with Crippen molar-refractivity contribution >= 4 is 34.7 Å². The number of para-hydroxylation sites is 1. The molecule has 0 spiro atoms. The second-order valence-corrected chi connectivity index (χ2v) is 10.9. The van der Waals surface area contributed by atoms with Gasteiger partial charge in [0.1, 0.15) is 5.69 Å². The van der Waals surface area contributed by atoms with Gasteiger partial charge in [0.05, 0.1) is 29.8 Å². The predicted octanol–water partition coefficient (Wildman–Crippen LogP) is 4.28. The normalized spacial score (nSPS) is 15.4. The molecule has 1 aliphatic heterocycles. The van der Waals surface area contributed by atoms with E-state index in [1.807, 2.05) is 37.3 Å². The van der Waals surface area contributed by atoms with Gasteiger partial charge < -0.3 is 10.1 Å². The van der Waals surface area contributed by atoms with E-state index in [1.165, 1.54) is 16.6 Å². The van der Waals surface area contributed by atoms with Crippen molar-refractivity contribution in [2.45, 2.75) is 50.9 Å². The van der Waals surface area contributed by atoms with E-state index in [9.17, 15) is 9.59 Å². The summed E-state index contributed by atoms with van der Waals surface area (Å²) in [6, 6.07) is 11.5. The highest BCUT2D eigenvalue weighted by molar-refractivity contribution is 7.99. The summed E-state index contributed by atoms with van der Waals surface area (Å²) in [5.41, 5.74) is 2.47. The number of nitrogens with one attached hydrogen (secondary N) is 1. The minimum Gasteiger partial charge on any atom is -0.376 e. The van der Waals surface area contributed by atoms with E-state index in [1.54, 1.807) is 27.7 Å². The van der Waals surface area contributed by atoms with Crippen molar-refractivity contribution in [2.24, 2.45) is 7.05 Å². The summed E-state index contributed by atoms with van der Waals surface area (Å²) in [7, 11) is 1.80. The first-order chi connectivity index (χ1) is 18.0. The number of carbonyl (C=O) groups excluding carboxylic acids is 1. The van der Waals surface area contributed by atoms with Crippen LogP contribution < -0.4 is 10.9 Å². The first-order valence-corrected chi connectivity index (χ1v) is 14.2. The molecule has 1 aliphatic rings. The van der Waals surface area contributed by atoms with Gasteiger partial charge in [0, 0.05) is 29.5 Å². The zero-order valence-electron chi connectivity index (χ0n) is 21.1. The largest absolute Gasteiger partial charge is 0.376 e. The number of thioether (sulfide) groups is 1. The van der Waals surface area contributed by atoms with Crippen LogP contribution in [0, 0.1) is 6.92 Å². The molecule has 9 nitrogen and oxygen atoms in total. The lowest BCUT2D eigenvalue weighted by Crippen LogP contribution is -2.23. The van der Waals surface area contributed by atoms with Crippen LogP contribution >= 0.6 is 23.1 Å². The molecule has 37 heavy (non-hydrogen) atoms. The number of thiophene rings is 1. The van der Waals surface area contributed by atoms with E-state index in [-0.39, 0.29) is 29.0 Å². The number of hydrogen-bond donors (Lipinski definition) is 1. The molecule has 4 aromatic rings. The topological polar surface area (TPSA) is 96.0 Å². The summed E-state index contributed by atoms with van der Waals surface area (Å²) in [6.45, 7) is 5.36. The van der Waals surface area contributed by atoms with Gasteiger partial charge in [-0.2, -0.15) is 0 Å². The van der Waals surface area contributed by atoms with Crippen molar-refractivity contribution in [3.8, 4) is 17.1 Å². The van der Waals surface area contributed by atoms with Crippen LogP contribution in [-0.2, 0) is 29.5 Å². The van der Waals surface area contributed by atoms with Crippen LogP contribution in [0.1, 0.15) is 30.3 Å². The van der Waals surface area contributed by atoms with Crippen molar-refractivity contribution in [2.75, 3.05) is 17.7 Å². The highest BCUT2D eigenvalue weighted by Gasteiger charge is 2.23. The quantitative estimate of drug-likeness (QED) is 0.320. The second kappa shape index (κ2) is 11.1. The SMILES string of the molecule is CCc1cc(-c2nnc(SCC(=O)Nc3c(C)n(C)n(-c4ccccc4)c3=O)n2CC2CCCO2)cs1. The third kappa shape index (κ3) is 5.29. The van der Waals surface area contributed by atoms with Gasteiger partial charge in [-0.25, -0.2) is 4.68 Å². The maximum atomic E-state index is 13.1. The number of anilines is 1. The number of carbonyl (C=O) groups is 1. The third-order valence-electron chi connectivity index (χ3n) is 6.54. The summed E-state index contributed by atoms with van der Waals surface area (Å²) in [5, 5.41) is 14.5. The van der Waals surface area contributed by atoms with Gasteiger partial charge >= 0.3 is 0 Å². The zero-order valence-corrected chi connectivity index (χ0v) is 22.8. The lowest BCUT2D eigenvalue weighted by atomic mass is 10.2. The van der Waals surface area contributed by atoms with Gasteiger partial charge in [-0.05, 0) is 44.4 Å². The maximum Gasteiger partial charge on any atom is 0.295 e. The summed E-state index contributed by atoms with van der Waals surface area (Å²) < 4.78 is 11.2. The Kier molecular flexibility index (Phi) is 7.63. The molecule has 194 valence electrons. The van der Waals surface area contributed by atoms with Gasteiger partial charge in [-0.1, -0.05) is 36.9 Å². The Balaban J connectivity index is 1.34. The smallest absolute Gasteiger partial charge is 0.295 e. The van der Waals surface area contributed by atoms with Crippen LogP contribution in [0.5, 0.6) is 0 Å². The molecule has 4 heterocycles. The summed E-state index contributed by atoms with van der Waals surface area (Å²) >= 11 is 3.03. The van der Waals surface area contributed by atoms with Crippen LogP contribution in [0.2, 0.25) is 0 Å². The monoisotopic (exact) mass is 538 g/mol. The molecule has 0 saturated carbocycles. The Labute approximate surface area is 223 Å². The third-order valence-corrected chi connectivity index (χ3v) is 8.59. The fourth-order valence-electron chi connectivity index (χ4n) is 4.47. The highest BCUT2D eigenvalue weighted by Crippen LogP contribution is 2.30. The minimum atomic E-state index is -0.270. The minimum absolute atomic E-state index is 0.104. The van der Waals surface area contributed by atoms with E-state index in [4.69, 9.17) is 4.74 Å². The molecule has 1 atom stereocenters. The molecule has 5 rings (SSSR count). The molecule has 1 unspecified atom stereocenters. The van der Waals surface area contributed by atoms with Crippen LogP contribution in [0.25, 0.3) is 17.1 Å². The Morgan fingerprint density at radius 1 is 1.27 bits per heavy atom. The predicted molar refractivity (Wildman–Crippen MR) is 147 cm³/mol. The number of rotatable bonds is 9. The van der Waals surface area contributed by atoms with Crippen molar-refractivity contribution in [1.82, 2.24) is 24.1 Å². The second-order valence-electron chi connectivity index (χ2n) is 8.98. The lowest BCUT2D eigenvalue weighted by Gasteiger charge is -2.14. The molecule has 1 amide bonds. The molecule has 1 N–H and O–H groups in total. The number of aryl methyl sites for hydroxylation is 1. The Hall–Kier alpha value is -3.15. The van der Waals surface area contributed by atoms with Crippen molar-refractivity contribution in [1.29, 1.82) is 0 Å². The summed E-state index contributed by atoms with van der Waals surface area (Å²) in [4.78, 5) is 27.4. The van der Waals surface area contributed by atoms with E-state index in [0.717, 1.165) is 42.9 Å². The Morgan fingerprint density at radius 3 is 2.78 bits per heavy atom. The van der Waals surface area contributed by atoms with Crippen LogP contribution in [0.3, 0.4) is 0 Å². The van der Waals surface area contributed by atoms with Gasteiger partial charge in [-0.3, -0.25) is 18.8 Å². The molecule has 1 aromatic carbocycles. The number of nitrogens with zero attached hydrogens (tertiary/aromatic N) is 5. The van der Waals surface area contributed by atoms with Crippen molar-refractivity contribution in [3.05, 3.63) is 62.7 Å². The summed E-state index contributed by atoms with van der Waals surface area (Å²) in [6.07, 6.45) is 3.11. The molecule has 1 fully saturated rings. The Morgan fingerprint density at radius 2 is 2.08 bits per heavy atom. The highest BCUT2D eigenvalue weighted by atomic mass is 32.2. The van der Waals surface area contributed by atoms with Gasteiger partial charge in [0.2, 0.25) is 5.91 Å². The number of benzene rings is 1. The number of amides is 1. The number of aromatic nitrogens is 5. The van der Waals surface area contributed by atoms with Crippen LogP contribution in [0.4, 0.5) is 5.69 Å². The van der Waals surface area contributed by atoms with E-state index >= 15 is 0 Å². The molecule has 0 bridgehead atoms.